The van der Waals surface area contributed by atoms with Crippen molar-refractivity contribution in [2.45, 2.75) is 45.0 Å². The minimum Gasteiger partial charge on any atom is -0.390 e. The molecular formula is C14H28N2O2. The first kappa shape index (κ1) is 14.3. The highest BCUT2D eigenvalue weighted by molar-refractivity contribution is 4.79. The Bertz CT molecular complexity index is 248. The molecule has 1 aliphatic heterocycles. The van der Waals surface area contributed by atoms with Crippen LogP contribution in [0, 0.1) is 5.92 Å². The summed E-state index contributed by atoms with van der Waals surface area (Å²) in [5.74, 6) is 0.894. The monoisotopic (exact) mass is 256 g/mol. The molecule has 1 saturated heterocycles. The Kier molecular flexibility index (Phi) is 5.01. The molecule has 1 N–H and O–H groups in total. The molecule has 2 aliphatic rings. The van der Waals surface area contributed by atoms with Crippen molar-refractivity contribution in [2.24, 2.45) is 5.92 Å². The zero-order chi connectivity index (χ0) is 13.1. The summed E-state index contributed by atoms with van der Waals surface area (Å²) in [6.45, 7) is 8.79. The number of aliphatic hydroxyl groups excluding tert-OH is 1. The number of likely N-dealkylation sites (N-methyl/N-ethyl adjacent to an activating group) is 1. The van der Waals surface area contributed by atoms with Crippen LogP contribution in [0.2, 0.25) is 0 Å². The molecule has 1 saturated carbocycles. The number of hydrogen-bond donors (Lipinski definition) is 1. The fourth-order valence-corrected chi connectivity index (χ4v) is 2.96. The Morgan fingerprint density at radius 3 is 2.44 bits per heavy atom. The van der Waals surface area contributed by atoms with Gasteiger partial charge >= 0.3 is 0 Å². The number of nitrogens with zero attached hydrogens (tertiary/aromatic N) is 2. The highest BCUT2D eigenvalue weighted by Crippen LogP contribution is 2.29. The Hall–Kier alpha value is -0.160. The molecule has 0 aromatic carbocycles. The van der Waals surface area contributed by atoms with Gasteiger partial charge in [-0.3, -0.25) is 4.90 Å². The van der Waals surface area contributed by atoms with Crippen LogP contribution in [0.4, 0.5) is 0 Å². The Balaban J connectivity index is 1.67. The van der Waals surface area contributed by atoms with E-state index in [-0.39, 0.29) is 18.3 Å². The van der Waals surface area contributed by atoms with Crippen LogP contribution in [-0.2, 0) is 4.74 Å². The molecule has 2 fully saturated rings. The van der Waals surface area contributed by atoms with Gasteiger partial charge in [-0.2, -0.15) is 0 Å². The maximum Gasteiger partial charge on any atom is 0.0793 e. The van der Waals surface area contributed by atoms with Crippen molar-refractivity contribution in [1.29, 1.82) is 0 Å². The van der Waals surface area contributed by atoms with Crippen molar-refractivity contribution in [3.05, 3.63) is 0 Å². The fraction of sp³-hybridized carbons (Fsp3) is 1.00. The van der Waals surface area contributed by atoms with Crippen LogP contribution in [0.5, 0.6) is 0 Å². The standard InChI is InChI=1S/C14H28N2O2/c1-11-6-16(7-12(2)18-11)10-14(17)9-15(3)8-13-4-5-13/h11-14,17H,4-10H2,1-3H3/t11-,12+,14-/m0/s1. The number of ether oxygens (including phenoxy) is 1. The van der Waals surface area contributed by atoms with Gasteiger partial charge in [0.2, 0.25) is 0 Å². The zero-order valence-corrected chi connectivity index (χ0v) is 12.0. The first-order valence-corrected chi connectivity index (χ1v) is 7.27. The second-order valence-electron chi connectivity index (χ2n) is 6.29. The lowest BCUT2D eigenvalue weighted by Gasteiger charge is -2.36. The van der Waals surface area contributed by atoms with Crippen LogP contribution < -0.4 is 0 Å². The number of hydrogen-bond acceptors (Lipinski definition) is 4. The third-order valence-corrected chi connectivity index (χ3v) is 3.75. The zero-order valence-electron chi connectivity index (χ0n) is 12.0. The van der Waals surface area contributed by atoms with E-state index in [0.29, 0.717) is 0 Å². The molecule has 0 amide bonds. The Morgan fingerprint density at radius 2 is 1.89 bits per heavy atom. The molecular weight excluding hydrogens is 228 g/mol. The highest BCUT2D eigenvalue weighted by Gasteiger charge is 2.26. The van der Waals surface area contributed by atoms with Gasteiger partial charge in [0.05, 0.1) is 18.3 Å². The molecule has 106 valence electrons. The molecule has 4 nitrogen and oxygen atoms in total. The van der Waals surface area contributed by atoms with E-state index in [4.69, 9.17) is 4.74 Å². The largest absolute Gasteiger partial charge is 0.390 e. The summed E-state index contributed by atoms with van der Waals surface area (Å²) in [7, 11) is 2.12. The summed E-state index contributed by atoms with van der Waals surface area (Å²) >= 11 is 0. The predicted molar refractivity (Wildman–Crippen MR) is 72.7 cm³/mol. The van der Waals surface area contributed by atoms with Gasteiger partial charge in [-0.1, -0.05) is 0 Å². The quantitative estimate of drug-likeness (QED) is 0.762. The molecule has 0 aromatic heterocycles. The average Bonchev–Trinajstić information content (AvgIpc) is 2.98. The summed E-state index contributed by atoms with van der Waals surface area (Å²) in [6, 6.07) is 0. The third-order valence-electron chi connectivity index (χ3n) is 3.75. The van der Waals surface area contributed by atoms with Crippen LogP contribution in [-0.4, -0.2) is 73.0 Å². The van der Waals surface area contributed by atoms with E-state index < -0.39 is 0 Å². The Morgan fingerprint density at radius 1 is 1.28 bits per heavy atom. The van der Waals surface area contributed by atoms with Crippen LogP contribution in [0.25, 0.3) is 0 Å². The molecule has 18 heavy (non-hydrogen) atoms. The molecule has 0 unspecified atom stereocenters. The molecule has 1 aliphatic carbocycles. The molecule has 0 spiro atoms. The van der Waals surface area contributed by atoms with Crippen LogP contribution >= 0.6 is 0 Å². The van der Waals surface area contributed by atoms with Crippen molar-refractivity contribution in [3.63, 3.8) is 0 Å². The first-order valence-electron chi connectivity index (χ1n) is 7.27. The van der Waals surface area contributed by atoms with Crippen molar-refractivity contribution in [3.8, 4) is 0 Å². The second-order valence-corrected chi connectivity index (χ2v) is 6.29. The SMILES string of the molecule is C[C@@H]1CN(C[C@@H](O)CN(C)CC2CC2)C[C@H](C)O1. The Labute approximate surface area is 111 Å². The highest BCUT2D eigenvalue weighted by atomic mass is 16.5. The van der Waals surface area contributed by atoms with E-state index in [1.807, 2.05) is 0 Å². The molecule has 4 heteroatoms. The maximum atomic E-state index is 10.2. The second kappa shape index (κ2) is 6.33. The average molecular weight is 256 g/mol. The van der Waals surface area contributed by atoms with E-state index in [1.165, 1.54) is 12.8 Å². The smallest absolute Gasteiger partial charge is 0.0793 e. The lowest BCUT2D eigenvalue weighted by Crippen LogP contribution is -2.49. The van der Waals surface area contributed by atoms with Gasteiger partial charge < -0.3 is 14.7 Å². The molecule has 0 bridgehead atoms. The third kappa shape index (κ3) is 4.84. The van der Waals surface area contributed by atoms with Gasteiger partial charge in [0, 0.05) is 32.7 Å². The van der Waals surface area contributed by atoms with Crippen LogP contribution in [0.15, 0.2) is 0 Å². The van der Waals surface area contributed by atoms with E-state index in [1.54, 1.807) is 0 Å². The summed E-state index contributed by atoms with van der Waals surface area (Å²) in [4.78, 5) is 4.60. The van der Waals surface area contributed by atoms with Crippen LogP contribution in [0.1, 0.15) is 26.7 Å². The van der Waals surface area contributed by atoms with Gasteiger partial charge in [0.25, 0.3) is 0 Å². The van der Waals surface area contributed by atoms with Gasteiger partial charge in [0.15, 0.2) is 0 Å². The minimum atomic E-state index is -0.244. The minimum absolute atomic E-state index is 0.244. The summed E-state index contributed by atoms with van der Waals surface area (Å²) in [5.41, 5.74) is 0. The van der Waals surface area contributed by atoms with E-state index in [0.717, 1.165) is 38.6 Å². The number of morpholine rings is 1. The lowest BCUT2D eigenvalue weighted by molar-refractivity contribution is -0.0777. The fourth-order valence-electron chi connectivity index (χ4n) is 2.96. The van der Waals surface area contributed by atoms with Crippen molar-refractivity contribution >= 4 is 0 Å². The topological polar surface area (TPSA) is 35.9 Å². The lowest BCUT2D eigenvalue weighted by atomic mass is 10.2. The van der Waals surface area contributed by atoms with Crippen molar-refractivity contribution in [1.82, 2.24) is 9.80 Å². The number of aliphatic hydroxyl groups is 1. The molecule has 1 heterocycles. The van der Waals surface area contributed by atoms with Gasteiger partial charge in [-0.15, -0.1) is 0 Å². The summed E-state index contributed by atoms with van der Waals surface area (Å²) in [5, 5.41) is 10.2. The van der Waals surface area contributed by atoms with Crippen molar-refractivity contribution in [2.75, 3.05) is 39.8 Å². The van der Waals surface area contributed by atoms with Gasteiger partial charge in [0.1, 0.15) is 0 Å². The normalized spacial score (nSPS) is 31.8. The molecule has 0 radical (unpaired) electrons. The summed E-state index contributed by atoms with van der Waals surface area (Å²) in [6.07, 6.45) is 3.07. The maximum absolute atomic E-state index is 10.2. The summed E-state index contributed by atoms with van der Waals surface area (Å²) < 4.78 is 5.71. The van der Waals surface area contributed by atoms with E-state index in [9.17, 15) is 5.11 Å². The van der Waals surface area contributed by atoms with Crippen molar-refractivity contribution < 1.29 is 9.84 Å². The predicted octanol–water partition coefficient (Wildman–Crippen LogP) is 0.798. The molecule has 0 aromatic rings. The molecule has 3 atom stereocenters. The molecule has 2 rings (SSSR count). The van der Waals surface area contributed by atoms with Crippen LogP contribution in [0.3, 0.4) is 0 Å². The van der Waals surface area contributed by atoms with Gasteiger partial charge in [-0.25, -0.2) is 0 Å². The first-order chi connectivity index (χ1) is 8.52. The van der Waals surface area contributed by atoms with E-state index >= 15 is 0 Å². The number of rotatable bonds is 6. The van der Waals surface area contributed by atoms with E-state index in [2.05, 4.69) is 30.7 Å². The number of β-amino-alcohol motifs (C(OH)–C–C–N with tert-alkyl or cyclic N) is 1. The van der Waals surface area contributed by atoms with Gasteiger partial charge in [-0.05, 0) is 39.7 Å².